The van der Waals surface area contributed by atoms with Crippen LogP contribution in [0.2, 0.25) is 0 Å². The third-order valence-electron chi connectivity index (χ3n) is 8.67. The normalized spacial score (nSPS) is 22.5. The number of benzene rings is 3. The van der Waals surface area contributed by atoms with E-state index in [1.165, 1.54) is 28.0 Å². The minimum absolute atomic E-state index is 0.0942. The van der Waals surface area contributed by atoms with Gasteiger partial charge in [0.1, 0.15) is 5.01 Å². The van der Waals surface area contributed by atoms with Crippen molar-refractivity contribution < 1.29 is 9.59 Å². The van der Waals surface area contributed by atoms with Gasteiger partial charge in [0.05, 0.1) is 28.4 Å². The van der Waals surface area contributed by atoms with Crippen LogP contribution in [-0.4, -0.2) is 64.9 Å². The van der Waals surface area contributed by atoms with Crippen molar-refractivity contribution >= 4 is 39.1 Å². The number of rotatable bonds is 4. The number of thiazole rings is 1. The zero-order valence-electron chi connectivity index (χ0n) is 22.2. The highest BCUT2D eigenvalue weighted by Crippen LogP contribution is 2.33. The lowest BCUT2D eigenvalue weighted by molar-refractivity contribution is -0.123. The highest BCUT2D eigenvalue weighted by Gasteiger charge is 2.43. The third kappa shape index (κ3) is 4.58. The van der Waals surface area contributed by atoms with E-state index < -0.39 is 0 Å². The number of hydrogen-bond donors (Lipinski definition) is 0. The monoisotopic (exact) mass is 536 g/mol. The van der Waals surface area contributed by atoms with Gasteiger partial charge in [-0.2, -0.15) is 0 Å². The van der Waals surface area contributed by atoms with Gasteiger partial charge in [-0.05, 0) is 79.3 Å². The van der Waals surface area contributed by atoms with Crippen LogP contribution >= 0.6 is 11.3 Å². The summed E-state index contributed by atoms with van der Waals surface area (Å²) in [6, 6.07) is 23.0. The number of carbonyl (C=O) groups is 2. The lowest BCUT2D eigenvalue weighted by Crippen LogP contribution is -2.55. The summed E-state index contributed by atoms with van der Waals surface area (Å²) in [6.45, 7) is 5.63. The number of aryl methyl sites for hydroxylation is 2. The van der Waals surface area contributed by atoms with Crippen molar-refractivity contribution in [3.8, 4) is 10.6 Å². The molecule has 2 fully saturated rings. The molecule has 4 aromatic rings. The second kappa shape index (κ2) is 9.97. The molecule has 198 valence electrons. The van der Waals surface area contributed by atoms with Crippen LogP contribution in [0.5, 0.6) is 0 Å². The average Bonchev–Trinajstić information content (AvgIpc) is 3.52. The summed E-state index contributed by atoms with van der Waals surface area (Å²) >= 11 is 1.66. The maximum atomic E-state index is 13.5. The molecule has 2 amide bonds. The van der Waals surface area contributed by atoms with E-state index in [9.17, 15) is 9.59 Å². The number of anilines is 1. The molecule has 0 saturated carbocycles. The molecule has 39 heavy (non-hydrogen) atoms. The Morgan fingerprint density at radius 1 is 0.846 bits per heavy atom. The number of nitrogens with zero attached hydrogens (tertiary/aromatic N) is 4. The Morgan fingerprint density at radius 2 is 1.59 bits per heavy atom. The van der Waals surface area contributed by atoms with Crippen molar-refractivity contribution in [3.05, 3.63) is 83.4 Å². The van der Waals surface area contributed by atoms with Crippen molar-refractivity contribution in [2.24, 2.45) is 0 Å². The summed E-state index contributed by atoms with van der Waals surface area (Å²) in [5, 5.41) is 0.943. The number of amides is 2. The molecule has 2 saturated heterocycles. The molecule has 0 radical (unpaired) electrons. The van der Waals surface area contributed by atoms with Crippen LogP contribution in [0.1, 0.15) is 29.5 Å². The third-order valence-corrected chi connectivity index (χ3v) is 9.73. The molecular formula is C32H32N4O2S. The van der Waals surface area contributed by atoms with Crippen molar-refractivity contribution in [2.75, 3.05) is 31.1 Å². The minimum atomic E-state index is -0.362. The van der Waals surface area contributed by atoms with Gasteiger partial charge in [-0.1, -0.05) is 30.3 Å². The predicted octanol–water partition coefficient (Wildman–Crippen LogP) is 5.08. The van der Waals surface area contributed by atoms with Crippen molar-refractivity contribution in [2.45, 2.75) is 44.7 Å². The molecule has 3 aromatic carbocycles. The van der Waals surface area contributed by atoms with E-state index in [1.807, 2.05) is 24.3 Å². The first-order valence-corrected chi connectivity index (χ1v) is 14.7. The molecule has 2 aliphatic heterocycles. The van der Waals surface area contributed by atoms with Gasteiger partial charge in [0.15, 0.2) is 0 Å². The predicted molar refractivity (Wildman–Crippen MR) is 156 cm³/mol. The molecule has 1 aliphatic carbocycles. The molecule has 2 atom stereocenters. The van der Waals surface area contributed by atoms with Gasteiger partial charge in [-0.15, -0.1) is 11.3 Å². The van der Waals surface area contributed by atoms with Crippen molar-refractivity contribution in [3.63, 3.8) is 0 Å². The lowest BCUT2D eigenvalue weighted by Gasteiger charge is -2.42. The fraction of sp³-hybridized carbons (Fsp3) is 0.344. The largest absolute Gasteiger partial charge is 0.298 e. The van der Waals surface area contributed by atoms with E-state index in [1.54, 1.807) is 11.3 Å². The fourth-order valence-electron chi connectivity index (χ4n) is 6.49. The van der Waals surface area contributed by atoms with Gasteiger partial charge >= 0.3 is 0 Å². The maximum absolute atomic E-state index is 13.5. The molecular weight excluding hydrogens is 504 g/mol. The Bertz CT molecular complexity index is 1550. The number of hydrogen-bond acceptors (Lipinski definition) is 6. The van der Waals surface area contributed by atoms with Crippen LogP contribution in [0.4, 0.5) is 5.69 Å². The van der Waals surface area contributed by atoms with Gasteiger partial charge in [0.25, 0.3) is 5.91 Å². The zero-order valence-corrected chi connectivity index (χ0v) is 23.0. The Morgan fingerprint density at radius 3 is 2.38 bits per heavy atom. The molecule has 7 heteroatoms. The molecule has 0 N–H and O–H groups in total. The molecule has 3 aliphatic rings. The summed E-state index contributed by atoms with van der Waals surface area (Å²) in [5.41, 5.74) is 6.82. The molecule has 0 unspecified atom stereocenters. The zero-order chi connectivity index (χ0) is 26.5. The number of fused-ring (bicyclic) bond motifs is 2. The maximum Gasteiger partial charge on any atom is 0.251 e. The Balaban J connectivity index is 1.01. The standard InChI is InChI=1S/C32H32N4O2S/c1-21-6-13-27-29(18-21)39-31(33-27)23-8-10-25(11-9-23)36-30(37)20-28(32(36)38)35-16-14-34(15-17-35)26-12-7-22-4-2-3-5-24(22)19-26/h2-6,8-11,13,18,26,28H,7,12,14-17,19-20H2,1H3/t26-,28-/m0/s1. The van der Waals surface area contributed by atoms with Crippen LogP contribution in [-0.2, 0) is 22.4 Å². The van der Waals surface area contributed by atoms with Gasteiger partial charge in [0, 0.05) is 37.8 Å². The highest BCUT2D eigenvalue weighted by molar-refractivity contribution is 7.21. The SMILES string of the molecule is Cc1ccc2nc(-c3ccc(N4C(=O)C[C@H](N5CCN([C@H]6CCc7ccccc7C6)CC5)C4=O)cc3)sc2c1. The van der Waals surface area contributed by atoms with Crippen molar-refractivity contribution in [1.82, 2.24) is 14.8 Å². The smallest absolute Gasteiger partial charge is 0.251 e. The Kier molecular flexibility index (Phi) is 6.30. The Hall–Kier alpha value is -3.39. The summed E-state index contributed by atoms with van der Waals surface area (Å²) in [6.07, 6.45) is 3.70. The van der Waals surface area contributed by atoms with E-state index in [-0.39, 0.29) is 24.3 Å². The first-order valence-electron chi connectivity index (χ1n) is 13.9. The molecule has 6 nitrogen and oxygen atoms in total. The fourth-order valence-corrected chi connectivity index (χ4v) is 7.55. The van der Waals surface area contributed by atoms with Crippen LogP contribution in [0.3, 0.4) is 0 Å². The Labute approximate surface area is 232 Å². The first-order chi connectivity index (χ1) is 19.0. The van der Waals surface area contributed by atoms with E-state index in [0.29, 0.717) is 11.7 Å². The second-order valence-corrected chi connectivity index (χ2v) is 12.1. The lowest BCUT2D eigenvalue weighted by atomic mass is 9.87. The number of carbonyl (C=O) groups excluding carboxylic acids is 2. The van der Waals surface area contributed by atoms with Crippen LogP contribution in [0.15, 0.2) is 66.7 Å². The molecule has 0 bridgehead atoms. The van der Waals surface area contributed by atoms with Gasteiger partial charge < -0.3 is 0 Å². The highest BCUT2D eigenvalue weighted by atomic mass is 32.1. The van der Waals surface area contributed by atoms with E-state index in [4.69, 9.17) is 4.98 Å². The summed E-state index contributed by atoms with van der Waals surface area (Å²) < 4.78 is 1.16. The number of aromatic nitrogens is 1. The summed E-state index contributed by atoms with van der Waals surface area (Å²) in [7, 11) is 0. The quantitative estimate of drug-likeness (QED) is 0.341. The molecule has 1 aromatic heterocycles. The van der Waals surface area contributed by atoms with Crippen LogP contribution in [0.25, 0.3) is 20.8 Å². The number of imide groups is 1. The minimum Gasteiger partial charge on any atom is -0.298 e. The average molecular weight is 537 g/mol. The van der Waals surface area contributed by atoms with Gasteiger partial charge in [-0.3, -0.25) is 19.4 Å². The van der Waals surface area contributed by atoms with E-state index in [2.05, 4.69) is 59.2 Å². The summed E-state index contributed by atoms with van der Waals surface area (Å²) in [4.78, 5) is 37.5. The van der Waals surface area contributed by atoms with E-state index in [0.717, 1.165) is 59.8 Å². The summed E-state index contributed by atoms with van der Waals surface area (Å²) in [5.74, 6) is -0.206. The topological polar surface area (TPSA) is 56.8 Å². The molecule has 0 spiro atoms. The van der Waals surface area contributed by atoms with Gasteiger partial charge in [-0.25, -0.2) is 9.88 Å². The molecule has 3 heterocycles. The number of piperazine rings is 1. The first kappa shape index (κ1) is 24.6. The van der Waals surface area contributed by atoms with Crippen molar-refractivity contribution in [1.29, 1.82) is 0 Å². The second-order valence-electron chi connectivity index (χ2n) is 11.1. The van der Waals surface area contributed by atoms with E-state index >= 15 is 0 Å². The molecule has 7 rings (SSSR count). The van der Waals surface area contributed by atoms with Crippen LogP contribution < -0.4 is 4.90 Å². The van der Waals surface area contributed by atoms with Gasteiger partial charge in [0.2, 0.25) is 5.91 Å². The van der Waals surface area contributed by atoms with Crippen LogP contribution in [0, 0.1) is 6.92 Å².